The molecule has 0 amide bonds. The highest BCUT2D eigenvalue weighted by molar-refractivity contribution is 5.70. The van der Waals surface area contributed by atoms with Gasteiger partial charge >= 0.3 is 11.9 Å². The minimum atomic E-state index is -1.47. The lowest BCUT2D eigenvalue weighted by atomic mass is 10.1. The highest BCUT2D eigenvalue weighted by atomic mass is 16.7. The summed E-state index contributed by atoms with van der Waals surface area (Å²) in [4.78, 5) is 23.3. The van der Waals surface area contributed by atoms with Gasteiger partial charge in [0.15, 0.2) is 0 Å². The Bertz CT molecular complexity index is 1360. The SMILES string of the molecule is CC/C=C\C/C=C\C/C=C\C/C=C\C/C=C\C/C=C\C/C=C\C/C=C\C/C=C\C/C=C\CCCCCCCCCCCCC(=O)OCC(O)COC(OCC[N+](C)(C)C)C(=O)O. The van der Waals surface area contributed by atoms with Crippen LogP contribution >= 0.6 is 0 Å². The fraction of sp³-hybridized carbons (Fsp3) is 0.593. The zero-order chi connectivity index (χ0) is 45.5. The van der Waals surface area contributed by atoms with Gasteiger partial charge in [-0.25, -0.2) is 4.79 Å². The Morgan fingerprint density at radius 3 is 1.21 bits per heavy atom. The molecule has 0 aliphatic carbocycles. The van der Waals surface area contributed by atoms with E-state index in [1.807, 2.05) is 21.1 Å². The summed E-state index contributed by atoms with van der Waals surface area (Å²) in [5.74, 6) is -1.62. The Morgan fingerprint density at radius 1 is 0.484 bits per heavy atom. The number of rotatable bonds is 42. The molecule has 0 saturated carbocycles. The van der Waals surface area contributed by atoms with Crippen LogP contribution in [0.2, 0.25) is 0 Å². The lowest BCUT2D eigenvalue weighted by Gasteiger charge is -2.24. The Kier molecular flexibility index (Phi) is 42.4. The fourth-order valence-electron chi connectivity index (χ4n) is 5.80. The number of quaternary nitrogens is 1. The van der Waals surface area contributed by atoms with Crippen LogP contribution in [0.15, 0.2) is 122 Å². The number of aliphatic hydroxyl groups is 1. The number of ether oxygens (including phenoxy) is 3. The van der Waals surface area contributed by atoms with Gasteiger partial charge in [0.25, 0.3) is 6.29 Å². The standard InChI is InChI=1S/C54H87NO7/c1-5-6-7-8-9-10-11-12-13-14-15-16-17-18-19-20-21-22-23-24-25-26-27-28-29-30-31-32-33-34-35-36-37-38-39-40-41-42-43-44-45-46-52(57)61-49-51(56)50-62-54(53(58)59)60-48-47-55(2,3)4/h6-7,9-10,12-13,15-16,18-19,21-22,24-25,27-28,30-31,33-34,51,54,56H,5,8,11,14,17,20,23,26,29,32,35-50H2,1-4H3/p+1/b7-6-,10-9-,13-12-,16-15-,19-18-,22-21-,25-24-,28-27-,31-30-,34-33-. The molecule has 0 heterocycles. The highest BCUT2D eigenvalue weighted by Crippen LogP contribution is 2.13. The number of hydrogen-bond acceptors (Lipinski definition) is 6. The quantitative estimate of drug-likeness (QED) is 0.0207. The largest absolute Gasteiger partial charge is 0.477 e. The number of carboxylic acid groups (broad SMARTS) is 1. The molecule has 0 saturated heterocycles. The van der Waals surface area contributed by atoms with Gasteiger partial charge in [-0.2, -0.15) is 0 Å². The van der Waals surface area contributed by atoms with Gasteiger partial charge in [-0.3, -0.25) is 4.79 Å². The molecular formula is C54H88NO7+. The maximum absolute atomic E-state index is 12.0. The lowest BCUT2D eigenvalue weighted by molar-refractivity contribution is -0.870. The van der Waals surface area contributed by atoms with E-state index < -0.39 is 18.4 Å². The van der Waals surface area contributed by atoms with Gasteiger partial charge in [0.05, 0.1) is 34.4 Å². The van der Waals surface area contributed by atoms with Gasteiger partial charge in [-0.05, 0) is 83.5 Å². The highest BCUT2D eigenvalue weighted by Gasteiger charge is 2.22. The predicted molar refractivity (Wildman–Crippen MR) is 262 cm³/mol. The van der Waals surface area contributed by atoms with Crippen molar-refractivity contribution in [3.63, 3.8) is 0 Å². The van der Waals surface area contributed by atoms with E-state index in [0.717, 1.165) is 89.9 Å². The molecule has 0 aromatic heterocycles. The lowest BCUT2D eigenvalue weighted by Crippen LogP contribution is -2.40. The van der Waals surface area contributed by atoms with Crippen molar-refractivity contribution in [3.05, 3.63) is 122 Å². The Labute approximate surface area is 378 Å². The number of carboxylic acids is 1. The Morgan fingerprint density at radius 2 is 0.839 bits per heavy atom. The van der Waals surface area contributed by atoms with E-state index in [2.05, 4.69) is 128 Å². The summed E-state index contributed by atoms with van der Waals surface area (Å²) in [6, 6.07) is 0. The van der Waals surface area contributed by atoms with E-state index in [1.165, 1.54) is 44.9 Å². The van der Waals surface area contributed by atoms with Crippen LogP contribution in [0.3, 0.4) is 0 Å². The summed E-state index contributed by atoms with van der Waals surface area (Å²) in [5.41, 5.74) is 0. The van der Waals surface area contributed by atoms with E-state index in [-0.39, 0.29) is 25.8 Å². The number of nitrogens with zero attached hydrogens (tertiary/aromatic N) is 1. The molecule has 2 N–H and O–H groups in total. The van der Waals surface area contributed by atoms with E-state index in [4.69, 9.17) is 14.2 Å². The summed E-state index contributed by atoms with van der Waals surface area (Å²) < 4.78 is 16.2. The molecule has 8 nitrogen and oxygen atoms in total. The molecule has 350 valence electrons. The zero-order valence-electron chi connectivity index (χ0n) is 39.5. The van der Waals surface area contributed by atoms with Crippen molar-refractivity contribution in [2.24, 2.45) is 0 Å². The molecule has 0 aromatic carbocycles. The number of likely N-dealkylation sites (N-methyl/N-ethyl adjacent to an activating group) is 1. The maximum Gasteiger partial charge on any atom is 0.361 e. The minimum absolute atomic E-state index is 0.204. The molecule has 8 heteroatoms. The molecule has 0 aliphatic heterocycles. The monoisotopic (exact) mass is 863 g/mol. The minimum Gasteiger partial charge on any atom is -0.477 e. The average molecular weight is 863 g/mol. The normalized spacial score (nSPS) is 14.1. The van der Waals surface area contributed by atoms with Gasteiger partial charge in [0, 0.05) is 6.42 Å². The zero-order valence-corrected chi connectivity index (χ0v) is 39.5. The second-order valence-corrected chi connectivity index (χ2v) is 16.5. The fourth-order valence-corrected chi connectivity index (χ4v) is 5.80. The molecule has 0 aromatic rings. The number of carbonyl (C=O) groups is 2. The topological polar surface area (TPSA) is 102 Å². The van der Waals surface area contributed by atoms with Gasteiger partial charge in [0.1, 0.15) is 19.3 Å². The van der Waals surface area contributed by atoms with Gasteiger partial charge in [0.2, 0.25) is 0 Å². The van der Waals surface area contributed by atoms with Crippen molar-refractivity contribution in [2.75, 3.05) is 47.5 Å². The van der Waals surface area contributed by atoms with E-state index in [0.29, 0.717) is 17.4 Å². The van der Waals surface area contributed by atoms with Crippen LogP contribution in [0.5, 0.6) is 0 Å². The molecule has 62 heavy (non-hydrogen) atoms. The summed E-state index contributed by atoms with van der Waals surface area (Å²) in [6.07, 6.45) is 65.5. The number of hydrogen-bond donors (Lipinski definition) is 2. The molecule has 0 aliphatic rings. The van der Waals surface area contributed by atoms with Crippen molar-refractivity contribution < 1.29 is 38.5 Å². The van der Waals surface area contributed by atoms with Crippen molar-refractivity contribution >= 4 is 11.9 Å². The molecule has 0 bridgehead atoms. The molecule has 2 atom stereocenters. The number of aliphatic carboxylic acids is 1. The molecule has 2 unspecified atom stereocenters. The first-order chi connectivity index (χ1) is 30.2. The molecular weight excluding hydrogens is 775 g/mol. The third-order valence-electron chi connectivity index (χ3n) is 9.46. The number of aliphatic hydroxyl groups excluding tert-OH is 1. The van der Waals surface area contributed by atoms with Gasteiger partial charge in [-0.1, -0.05) is 180 Å². The van der Waals surface area contributed by atoms with Crippen molar-refractivity contribution in [3.8, 4) is 0 Å². The maximum atomic E-state index is 12.0. The first kappa shape index (κ1) is 58.2. The van der Waals surface area contributed by atoms with Crippen LogP contribution in [0.1, 0.15) is 148 Å². The predicted octanol–water partition coefficient (Wildman–Crippen LogP) is 13.2. The first-order valence-corrected chi connectivity index (χ1v) is 23.8. The van der Waals surface area contributed by atoms with Crippen molar-refractivity contribution in [1.29, 1.82) is 0 Å². The third kappa shape index (κ3) is 47.2. The summed E-state index contributed by atoms with van der Waals surface area (Å²) in [5, 5.41) is 19.3. The average Bonchev–Trinajstić information content (AvgIpc) is 3.24. The summed E-state index contributed by atoms with van der Waals surface area (Å²) in [6.45, 7) is 2.45. The van der Waals surface area contributed by atoms with Gasteiger partial charge < -0.3 is 28.9 Å². The van der Waals surface area contributed by atoms with Crippen molar-refractivity contribution in [2.45, 2.75) is 161 Å². The van der Waals surface area contributed by atoms with Crippen LogP contribution < -0.4 is 0 Å². The number of esters is 1. The second-order valence-electron chi connectivity index (χ2n) is 16.5. The van der Waals surface area contributed by atoms with E-state index in [1.54, 1.807) is 0 Å². The Balaban J connectivity index is 3.60. The van der Waals surface area contributed by atoms with Crippen LogP contribution in [0.25, 0.3) is 0 Å². The third-order valence-corrected chi connectivity index (χ3v) is 9.46. The first-order valence-electron chi connectivity index (χ1n) is 23.8. The molecule has 0 spiro atoms. The van der Waals surface area contributed by atoms with E-state index in [9.17, 15) is 19.8 Å². The second kappa shape index (κ2) is 45.2. The summed E-state index contributed by atoms with van der Waals surface area (Å²) >= 11 is 0. The van der Waals surface area contributed by atoms with Crippen molar-refractivity contribution in [1.82, 2.24) is 0 Å². The molecule has 0 fully saturated rings. The Hall–Kier alpha value is -3.82. The van der Waals surface area contributed by atoms with Crippen LogP contribution in [0, 0.1) is 0 Å². The smallest absolute Gasteiger partial charge is 0.361 e. The van der Waals surface area contributed by atoms with Gasteiger partial charge in [-0.15, -0.1) is 0 Å². The number of unbranched alkanes of at least 4 members (excludes halogenated alkanes) is 10. The molecule has 0 radical (unpaired) electrons. The molecule has 0 rings (SSSR count). The van der Waals surface area contributed by atoms with Crippen LogP contribution in [-0.4, -0.2) is 86.5 Å². The summed E-state index contributed by atoms with van der Waals surface area (Å²) in [7, 11) is 5.91. The van der Waals surface area contributed by atoms with Crippen LogP contribution in [0.4, 0.5) is 0 Å². The number of allylic oxidation sites excluding steroid dienone is 20. The number of carbonyl (C=O) groups excluding carboxylic acids is 1. The van der Waals surface area contributed by atoms with Crippen LogP contribution in [-0.2, 0) is 23.8 Å². The van der Waals surface area contributed by atoms with E-state index >= 15 is 0 Å².